The van der Waals surface area contributed by atoms with Gasteiger partial charge >= 0.3 is 5.97 Å². The molecule has 2 unspecified atom stereocenters. The second kappa shape index (κ2) is 7.11. The SMILES string of the molecule is CC(=O)NC(CNC(C)c1ccc(Cl)cc1)C(=O)O. The van der Waals surface area contributed by atoms with Gasteiger partial charge in [0, 0.05) is 24.5 Å². The Kier molecular flexibility index (Phi) is 5.79. The molecule has 0 fully saturated rings. The largest absolute Gasteiger partial charge is 0.480 e. The van der Waals surface area contributed by atoms with E-state index in [1.807, 2.05) is 19.1 Å². The maximum absolute atomic E-state index is 11.0. The van der Waals surface area contributed by atoms with Crippen LogP contribution in [-0.2, 0) is 9.59 Å². The number of rotatable bonds is 6. The van der Waals surface area contributed by atoms with Crippen molar-refractivity contribution in [1.29, 1.82) is 0 Å². The normalized spacial score (nSPS) is 13.6. The average Bonchev–Trinajstić information content (AvgIpc) is 2.34. The van der Waals surface area contributed by atoms with E-state index < -0.39 is 12.0 Å². The fourth-order valence-corrected chi connectivity index (χ4v) is 1.74. The van der Waals surface area contributed by atoms with Crippen molar-refractivity contribution in [1.82, 2.24) is 10.6 Å². The third-order valence-corrected chi connectivity index (χ3v) is 2.93. The van der Waals surface area contributed by atoms with Crippen LogP contribution in [0.5, 0.6) is 0 Å². The van der Waals surface area contributed by atoms with Crippen LogP contribution in [0.25, 0.3) is 0 Å². The zero-order valence-corrected chi connectivity index (χ0v) is 11.6. The molecule has 3 N–H and O–H groups in total. The van der Waals surface area contributed by atoms with Crippen LogP contribution in [0.15, 0.2) is 24.3 Å². The van der Waals surface area contributed by atoms with E-state index in [0.717, 1.165) is 5.56 Å². The van der Waals surface area contributed by atoms with Gasteiger partial charge in [-0.1, -0.05) is 23.7 Å². The Morgan fingerprint density at radius 3 is 2.37 bits per heavy atom. The van der Waals surface area contributed by atoms with E-state index in [-0.39, 0.29) is 18.5 Å². The van der Waals surface area contributed by atoms with Crippen LogP contribution >= 0.6 is 11.6 Å². The molecule has 0 aliphatic rings. The summed E-state index contributed by atoms with van der Waals surface area (Å²) >= 11 is 5.80. The lowest BCUT2D eigenvalue weighted by Crippen LogP contribution is -2.46. The summed E-state index contributed by atoms with van der Waals surface area (Å²) in [7, 11) is 0. The fraction of sp³-hybridized carbons (Fsp3) is 0.385. The maximum atomic E-state index is 11.0. The topological polar surface area (TPSA) is 78.4 Å². The average molecular weight is 285 g/mol. The zero-order valence-electron chi connectivity index (χ0n) is 10.8. The molecule has 0 heterocycles. The third-order valence-electron chi connectivity index (χ3n) is 2.67. The van der Waals surface area contributed by atoms with Gasteiger partial charge in [0.05, 0.1) is 0 Å². The Bertz CT molecular complexity index is 448. The number of nitrogens with one attached hydrogen (secondary N) is 2. The molecule has 0 aliphatic heterocycles. The summed E-state index contributed by atoms with van der Waals surface area (Å²) in [6, 6.07) is 6.32. The molecule has 0 saturated heterocycles. The van der Waals surface area contributed by atoms with Crippen molar-refractivity contribution in [3.05, 3.63) is 34.9 Å². The monoisotopic (exact) mass is 284 g/mol. The molecule has 104 valence electrons. The van der Waals surface area contributed by atoms with Crippen molar-refractivity contribution in [2.75, 3.05) is 6.54 Å². The number of carbonyl (C=O) groups excluding carboxylic acids is 1. The van der Waals surface area contributed by atoms with Crippen molar-refractivity contribution in [2.24, 2.45) is 0 Å². The second-order valence-corrected chi connectivity index (χ2v) is 4.71. The van der Waals surface area contributed by atoms with Crippen LogP contribution in [-0.4, -0.2) is 29.6 Å². The second-order valence-electron chi connectivity index (χ2n) is 4.27. The molecule has 1 aromatic rings. The van der Waals surface area contributed by atoms with E-state index in [4.69, 9.17) is 16.7 Å². The first-order chi connectivity index (χ1) is 8.90. The lowest BCUT2D eigenvalue weighted by molar-refractivity contribution is -0.141. The van der Waals surface area contributed by atoms with E-state index >= 15 is 0 Å². The minimum atomic E-state index is -1.06. The highest BCUT2D eigenvalue weighted by Crippen LogP contribution is 2.15. The van der Waals surface area contributed by atoms with Gasteiger partial charge in [0.25, 0.3) is 0 Å². The maximum Gasteiger partial charge on any atom is 0.327 e. The molecule has 0 aromatic heterocycles. The molecule has 0 radical (unpaired) electrons. The number of carboxylic acid groups (broad SMARTS) is 1. The Morgan fingerprint density at radius 2 is 1.89 bits per heavy atom. The summed E-state index contributed by atoms with van der Waals surface area (Å²) in [6.45, 7) is 3.35. The lowest BCUT2D eigenvalue weighted by Gasteiger charge is -2.18. The van der Waals surface area contributed by atoms with Gasteiger partial charge < -0.3 is 15.7 Å². The van der Waals surface area contributed by atoms with Gasteiger partial charge in [-0.25, -0.2) is 4.79 Å². The first-order valence-electron chi connectivity index (χ1n) is 5.89. The van der Waals surface area contributed by atoms with E-state index in [1.54, 1.807) is 12.1 Å². The number of carboxylic acids is 1. The van der Waals surface area contributed by atoms with Gasteiger partial charge in [0.15, 0.2) is 0 Å². The first-order valence-corrected chi connectivity index (χ1v) is 6.26. The van der Waals surface area contributed by atoms with Crippen molar-refractivity contribution in [3.8, 4) is 0 Å². The quantitative estimate of drug-likeness (QED) is 0.741. The minimum absolute atomic E-state index is 0.0344. The zero-order chi connectivity index (χ0) is 14.4. The highest BCUT2D eigenvalue weighted by molar-refractivity contribution is 6.30. The van der Waals surface area contributed by atoms with Crippen molar-refractivity contribution in [3.63, 3.8) is 0 Å². The predicted molar refractivity (Wildman–Crippen MR) is 73.1 cm³/mol. The molecule has 5 nitrogen and oxygen atoms in total. The third kappa shape index (κ3) is 5.28. The van der Waals surface area contributed by atoms with Gasteiger partial charge in [-0.2, -0.15) is 0 Å². The highest BCUT2D eigenvalue weighted by Gasteiger charge is 2.19. The van der Waals surface area contributed by atoms with Crippen LogP contribution in [0.3, 0.4) is 0 Å². The number of hydrogen-bond acceptors (Lipinski definition) is 3. The van der Waals surface area contributed by atoms with E-state index in [9.17, 15) is 9.59 Å². The molecule has 0 saturated carbocycles. The lowest BCUT2D eigenvalue weighted by atomic mass is 10.1. The smallest absolute Gasteiger partial charge is 0.327 e. The molecule has 1 rings (SSSR count). The number of aliphatic carboxylic acids is 1. The van der Waals surface area contributed by atoms with Crippen LogP contribution in [0, 0.1) is 0 Å². The van der Waals surface area contributed by atoms with E-state index in [2.05, 4.69) is 10.6 Å². The summed E-state index contributed by atoms with van der Waals surface area (Å²) in [6.07, 6.45) is 0. The van der Waals surface area contributed by atoms with Gasteiger partial charge in [0.1, 0.15) is 6.04 Å². The van der Waals surface area contributed by atoms with E-state index in [1.165, 1.54) is 6.92 Å². The molecule has 0 bridgehead atoms. The Morgan fingerprint density at radius 1 is 1.32 bits per heavy atom. The number of halogens is 1. The van der Waals surface area contributed by atoms with Crippen LogP contribution in [0.4, 0.5) is 0 Å². The van der Waals surface area contributed by atoms with Gasteiger partial charge in [-0.15, -0.1) is 0 Å². The molecule has 19 heavy (non-hydrogen) atoms. The summed E-state index contributed by atoms with van der Waals surface area (Å²) in [5.74, 6) is -1.43. The van der Waals surface area contributed by atoms with Gasteiger partial charge in [-0.05, 0) is 24.6 Å². The predicted octanol–water partition coefficient (Wildman–Crippen LogP) is 1.58. The van der Waals surface area contributed by atoms with Gasteiger partial charge in [-0.3, -0.25) is 4.79 Å². The van der Waals surface area contributed by atoms with E-state index in [0.29, 0.717) is 5.02 Å². The molecule has 0 aliphatic carbocycles. The highest BCUT2D eigenvalue weighted by atomic mass is 35.5. The van der Waals surface area contributed by atoms with Crippen molar-refractivity contribution in [2.45, 2.75) is 25.9 Å². The fourth-order valence-electron chi connectivity index (χ4n) is 1.61. The summed E-state index contributed by atoms with van der Waals surface area (Å²) in [4.78, 5) is 21.9. The van der Waals surface area contributed by atoms with Crippen LogP contribution in [0.2, 0.25) is 5.02 Å². The molecule has 0 spiro atoms. The molecule has 6 heteroatoms. The number of hydrogen-bond donors (Lipinski definition) is 3. The van der Waals surface area contributed by atoms with Crippen molar-refractivity contribution >= 4 is 23.5 Å². The standard InChI is InChI=1S/C13H17ClN2O3/c1-8(10-3-5-11(14)6-4-10)15-7-12(13(18)19)16-9(2)17/h3-6,8,12,15H,7H2,1-2H3,(H,16,17)(H,18,19). The summed E-state index contributed by atoms with van der Waals surface area (Å²) < 4.78 is 0. The molecular formula is C13H17ClN2O3. The van der Waals surface area contributed by atoms with Gasteiger partial charge in [0.2, 0.25) is 5.91 Å². The number of amides is 1. The Labute approximate surface area is 117 Å². The first kappa shape index (κ1) is 15.5. The van der Waals surface area contributed by atoms with Crippen LogP contribution in [0.1, 0.15) is 25.5 Å². The molecule has 1 aromatic carbocycles. The molecular weight excluding hydrogens is 268 g/mol. The number of benzene rings is 1. The Hall–Kier alpha value is -1.59. The minimum Gasteiger partial charge on any atom is -0.480 e. The number of carbonyl (C=O) groups is 2. The Balaban J connectivity index is 2.56. The van der Waals surface area contributed by atoms with Crippen molar-refractivity contribution < 1.29 is 14.7 Å². The summed E-state index contributed by atoms with van der Waals surface area (Å²) in [5, 5.41) is 15.1. The summed E-state index contributed by atoms with van der Waals surface area (Å²) in [5.41, 5.74) is 0.997. The molecule has 1 amide bonds. The molecule has 2 atom stereocenters. The van der Waals surface area contributed by atoms with Crippen LogP contribution < -0.4 is 10.6 Å².